The predicted octanol–water partition coefficient (Wildman–Crippen LogP) is 4.46. The van der Waals surface area contributed by atoms with Crippen LogP contribution in [-0.2, 0) is 20.9 Å². The van der Waals surface area contributed by atoms with E-state index in [0.29, 0.717) is 6.54 Å². The number of ether oxygens (including phenoxy) is 1. The number of rotatable bonds is 7. The van der Waals surface area contributed by atoms with E-state index in [1.165, 1.54) is 16.5 Å². The van der Waals surface area contributed by atoms with Crippen LogP contribution in [0.4, 0.5) is 5.69 Å². The number of aromatic nitrogens is 2. The van der Waals surface area contributed by atoms with Gasteiger partial charge in [-0.3, -0.25) is 9.48 Å². The second kappa shape index (κ2) is 10.1. The Balaban J connectivity index is 1.64. The Morgan fingerprint density at radius 1 is 1.06 bits per heavy atom. The highest BCUT2D eigenvalue weighted by molar-refractivity contribution is 5.98. The van der Waals surface area contributed by atoms with Crippen molar-refractivity contribution in [1.29, 1.82) is 0 Å². The zero-order valence-corrected chi connectivity index (χ0v) is 19.2. The highest BCUT2D eigenvalue weighted by Gasteiger charge is 2.21. The largest absolute Gasteiger partial charge is 0.449 e. The standard InChI is InChI=1S/C26H29N3O3/c1-18-11-13-22(14-12-18)17-29-20(3)24(19(2)27-29)15-16-25(30)32-21(4)26(31)28(5)23-9-7-6-8-10-23/h6-16,21H,17H2,1-5H3/b16-15+. The minimum atomic E-state index is -0.899. The minimum absolute atomic E-state index is 0.295. The summed E-state index contributed by atoms with van der Waals surface area (Å²) < 4.78 is 7.25. The molecule has 0 aliphatic heterocycles. The van der Waals surface area contributed by atoms with E-state index >= 15 is 0 Å². The number of aryl methyl sites for hydroxylation is 2. The van der Waals surface area contributed by atoms with Crippen LogP contribution >= 0.6 is 0 Å². The van der Waals surface area contributed by atoms with Crippen LogP contribution < -0.4 is 4.90 Å². The molecule has 0 aliphatic carbocycles. The smallest absolute Gasteiger partial charge is 0.331 e. The first kappa shape index (κ1) is 23.0. The monoisotopic (exact) mass is 431 g/mol. The molecule has 3 rings (SSSR count). The van der Waals surface area contributed by atoms with E-state index in [2.05, 4.69) is 36.3 Å². The number of likely N-dealkylation sites (N-methyl/N-ethyl adjacent to an activating group) is 1. The molecule has 0 aliphatic rings. The highest BCUT2D eigenvalue weighted by atomic mass is 16.5. The third kappa shape index (κ3) is 5.52. The lowest BCUT2D eigenvalue weighted by Crippen LogP contribution is -2.37. The highest BCUT2D eigenvalue weighted by Crippen LogP contribution is 2.17. The molecule has 1 unspecified atom stereocenters. The normalized spacial score (nSPS) is 12.0. The molecule has 0 bridgehead atoms. The Bertz CT molecular complexity index is 1120. The average molecular weight is 432 g/mol. The fourth-order valence-electron chi connectivity index (χ4n) is 3.44. The first-order chi connectivity index (χ1) is 15.3. The first-order valence-electron chi connectivity index (χ1n) is 10.6. The lowest BCUT2D eigenvalue weighted by molar-refractivity contribution is -0.148. The summed E-state index contributed by atoms with van der Waals surface area (Å²) in [5.41, 5.74) is 5.77. The van der Waals surface area contributed by atoms with Crippen LogP contribution in [0.1, 0.15) is 35.0 Å². The predicted molar refractivity (Wildman–Crippen MR) is 126 cm³/mol. The summed E-state index contributed by atoms with van der Waals surface area (Å²) in [6, 6.07) is 17.6. The molecule has 166 valence electrons. The van der Waals surface area contributed by atoms with Crippen molar-refractivity contribution in [1.82, 2.24) is 9.78 Å². The molecule has 6 heteroatoms. The van der Waals surface area contributed by atoms with Crippen molar-refractivity contribution < 1.29 is 14.3 Å². The second-order valence-corrected chi connectivity index (χ2v) is 7.87. The summed E-state index contributed by atoms with van der Waals surface area (Å²) in [7, 11) is 1.66. The number of hydrogen-bond donors (Lipinski definition) is 0. The van der Waals surface area contributed by atoms with Gasteiger partial charge in [0.05, 0.1) is 12.2 Å². The number of carbonyl (C=O) groups is 2. The van der Waals surface area contributed by atoms with Crippen LogP contribution in [0.25, 0.3) is 6.08 Å². The number of esters is 1. The van der Waals surface area contributed by atoms with E-state index in [1.54, 1.807) is 20.0 Å². The van der Waals surface area contributed by atoms with Gasteiger partial charge in [0, 0.05) is 30.1 Å². The fraction of sp³-hybridized carbons (Fsp3) is 0.269. The topological polar surface area (TPSA) is 64.4 Å². The molecule has 1 heterocycles. The average Bonchev–Trinajstić information content (AvgIpc) is 3.05. The third-order valence-corrected chi connectivity index (χ3v) is 5.39. The summed E-state index contributed by atoms with van der Waals surface area (Å²) >= 11 is 0. The van der Waals surface area contributed by atoms with Gasteiger partial charge in [-0.2, -0.15) is 5.10 Å². The van der Waals surface area contributed by atoms with Gasteiger partial charge in [0.25, 0.3) is 5.91 Å². The van der Waals surface area contributed by atoms with Gasteiger partial charge in [-0.1, -0.05) is 48.0 Å². The maximum absolute atomic E-state index is 12.6. The maximum atomic E-state index is 12.6. The molecule has 0 radical (unpaired) electrons. The number of anilines is 1. The lowest BCUT2D eigenvalue weighted by Gasteiger charge is -2.21. The minimum Gasteiger partial charge on any atom is -0.449 e. The molecule has 3 aromatic rings. The third-order valence-electron chi connectivity index (χ3n) is 5.39. The van der Waals surface area contributed by atoms with Gasteiger partial charge < -0.3 is 9.64 Å². The van der Waals surface area contributed by atoms with Gasteiger partial charge in [0.1, 0.15) is 0 Å². The molecule has 1 amide bonds. The van der Waals surface area contributed by atoms with Crippen molar-refractivity contribution >= 4 is 23.6 Å². The van der Waals surface area contributed by atoms with Crippen molar-refractivity contribution in [2.75, 3.05) is 11.9 Å². The molecule has 0 spiro atoms. The van der Waals surface area contributed by atoms with Gasteiger partial charge in [-0.25, -0.2) is 4.79 Å². The molecule has 1 aromatic heterocycles. The summed E-state index contributed by atoms with van der Waals surface area (Å²) in [5.74, 6) is -0.867. The lowest BCUT2D eigenvalue weighted by atomic mass is 10.1. The first-order valence-corrected chi connectivity index (χ1v) is 10.6. The number of para-hydroxylation sites is 1. The Kier molecular flexibility index (Phi) is 7.25. The SMILES string of the molecule is Cc1ccc(Cn2nc(C)c(/C=C/C(=O)OC(C)C(=O)N(C)c3ccccc3)c2C)cc1. The van der Waals surface area contributed by atoms with Crippen LogP contribution in [0, 0.1) is 20.8 Å². The van der Waals surface area contributed by atoms with E-state index in [9.17, 15) is 9.59 Å². The molecule has 0 saturated carbocycles. The zero-order valence-electron chi connectivity index (χ0n) is 19.2. The number of hydrogen-bond acceptors (Lipinski definition) is 4. The number of benzene rings is 2. The Morgan fingerprint density at radius 2 is 1.72 bits per heavy atom. The van der Waals surface area contributed by atoms with Crippen LogP contribution in [0.15, 0.2) is 60.7 Å². The van der Waals surface area contributed by atoms with Crippen molar-refractivity contribution in [2.45, 2.75) is 40.3 Å². The Labute approximate surface area is 189 Å². The zero-order chi connectivity index (χ0) is 23.3. The van der Waals surface area contributed by atoms with Gasteiger partial charge in [-0.05, 0) is 51.5 Å². The van der Waals surface area contributed by atoms with E-state index in [-0.39, 0.29) is 5.91 Å². The quantitative estimate of drug-likeness (QED) is 0.409. The van der Waals surface area contributed by atoms with E-state index in [0.717, 1.165) is 28.2 Å². The molecule has 0 N–H and O–H groups in total. The van der Waals surface area contributed by atoms with Crippen molar-refractivity contribution in [3.63, 3.8) is 0 Å². The molecule has 1 atom stereocenters. The molecule has 6 nitrogen and oxygen atoms in total. The Hall–Kier alpha value is -3.67. The maximum Gasteiger partial charge on any atom is 0.331 e. The number of amides is 1. The van der Waals surface area contributed by atoms with Gasteiger partial charge in [-0.15, -0.1) is 0 Å². The van der Waals surface area contributed by atoms with Crippen molar-refractivity contribution in [2.24, 2.45) is 0 Å². The second-order valence-electron chi connectivity index (χ2n) is 7.87. The van der Waals surface area contributed by atoms with Gasteiger partial charge in [0.2, 0.25) is 0 Å². The van der Waals surface area contributed by atoms with E-state index in [4.69, 9.17) is 4.74 Å². The molecule has 0 fully saturated rings. The summed E-state index contributed by atoms with van der Waals surface area (Å²) in [4.78, 5) is 26.4. The molecular formula is C26H29N3O3. The van der Waals surface area contributed by atoms with Gasteiger partial charge in [0.15, 0.2) is 6.10 Å². The molecule has 32 heavy (non-hydrogen) atoms. The molecular weight excluding hydrogens is 402 g/mol. The van der Waals surface area contributed by atoms with E-state index < -0.39 is 12.1 Å². The van der Waals surface area contributed by atoms with E-state index in [1.807, 2.05) is 48.9 Å². The van der Waals surface area contributed by atoms with Crippen LogP contribution in [0.2, 0.25) is 0 Å². The van der Waals surface area contributed by atoms with Crippen LogP contribution in [-0.4, -0.2) is 34.8 Å². The summed E-state index contributed by atoms with van der Waals surface area (Å²) in [6.45, 7) is 8.17. The van der Waals surface area contributed by atoms with Crippen molar-refractivity contribution in [3.05, 3.63) is 88.8 Å². The summed E-state index contributed by atoms with van der Waals surface area (Å²) in [6.07, 6.45) is 2.15. The number of nitrogens with zero attached hydrogens (tertiary/aromatic N) is 3. The Morgan fingerprint density at radius 3 is 2.38 bits per heavy atom. The fourth-order valence-corrected chi connectivity index (χ4v) is 3.44. The van der Waals surface area contributed by atoms with Crippen LogP contribution in [0.5, 0.6) is 0 Å². The number of carbonyl (C=O) groups excluding carboxylic acids is 2. The van der Waals surface area contributed by atoms with Gasteiger partial charge >= 0.3 is 5.97 Å². The molecule has 2 aromatic carbocycles. The van der Waals surface area contributed by atoms with Crippen LogP contribution in [0.3, 0.4) is 0 Å². The van der Waals surface area contributed by atoms with Crippen molar-refractivity contribution in [3.8, 4) is 0 Å². The molecule has 0 saturated heterocycles. The summed E-state index contributed by atoms with van der Waals surface area (Å²) in [5, 5.41) is 4.60.